The molecule has 2 aliphatic heterocycles. The minimum Gasteiger partial charge on any atom is -0.481 e. The third-order valence-electron chi connectivity index (χ3n) is 4.47. The van der Waals surface area contributed by atoms with Crippen molar-refractivity contribution in [3.63, 3.8) is 0 Å². The first-order chi connectivity index (χ1) is 12.2. The van der Waals surface area contributed by atoms with Gasteiger partial charge in [-0.05, 0) is 25.0 Å². The fourth-order valence-corrected chi connectivity index (χ4v) is 3.26. The molecule has 1 aromatic carbocycles. The van der Waals surface area contributed by atoms with Crippen molar-refractivity contribution in [2.45, 2.75) is 32.2 Å². The van der Waals surface area contributed by atoms with Gasteiger partial charge in [-0.2, -0.15) is 4.98 Å². The summed E-state index contributed by atoms with van der Waals surface area (Å²) >= 11 is 0. The maximum atomic E-state index is 13.1. The molecule has 4 rings (SSSR count). The van der Waals surface area contributed by atoms with Crippen LogP contribution in [0.2, 0.25) is 0 Å². The van der Waals surface area contributed by atoms with Gasteiger partial charge in [0, 0.05) is 13.0 Å². The number of hydrogen-bond acceptors (Lipinski definition) is 6. The van der Waals surface area contributed by atoms with E-state index in [1.165, 1.54) is 0 Å². The summed E-state index contributed by atoms with van der Waals surface area (Å²) in [5.41, 5.74) is 0.953. The second-order valence-corrected chi connectivity index (χ2v) is 6.08. The zero-order valence-electron chi connectivity index (χ0n) is 13.8. The average Bonchev–Trinajstić information content (AvgIpc) is 3.29. The SMILES string of the molecule is CCc1nc([C@@H]2CCCN2C(=O)c2cccc3c2OCC(=O)N3)no1. The number of likely N-dealkylation sites (tertiary alicyclic amines) is 1. The Morgan fingerprint density at radius 1 is 1.44 bits per heavy atom. The third kappa shape index (κ3) is 2.73. The van der Waals surface area contributed by atoms with Crippen molar-refractivity contribution in [3.05, 3.63) is 35.5 Å². The van der Waals surface area contributed by atoms with E-state index >= 15 is 0 Å². The number of hydrogen-bond donors (Lipinski definition) is 1. The minimum absolute atomic E-state index is 0.0918. The predicted octanol–water partition coefficient (Wildman–Crippen LogP) is 1.94. The van der Waals surface area contributed by atoms with Crippen LogP contribution in [0.25, 0.3) is 0 Å². The highest BCUT2D eigenvalue weighted by Crippen LogP contribution is 2.36. The van der Waals surface area contributed by atoms with Crippen molar-refractivity contribution in [2.24, 2.45) is 0 Å². The first-order valence-corrected chi connectivity index (χ1v) is 8.36. The largest absolute Gasteiger partial charge is 0.481 e. The molecule has 0 unspecified atom stereocenters. The van der Waals surface area contributed by atoms with E-state index in [4.69, 9.17) is 9.26 Å². The highest BCUT2D eigenvalue weighted by Gasteiger charge is 2.35. The number of para-hydroxylation sites is 1. The van der Waals surface area contributed by atoms with Gasteiger partial charge in [0.1, 0.15) is 0 Å². The Morgan fingerprint density at radius 3 is 3.12 bits per heavy atom. The van der Waals surface area contributed by atoms with E-state index in [0.29, 0.717) is 41.7 Å². The number of ether oxygens (including phenoxy) is 1. The normalized spacial score (nSPS) is 19.3. The molecule has 8 heteroatoms. The molecule has 0 aliphatic carbocycles. The van der Waals surface area contributed by atoms with Crippen LogP contribution in [0.3, 0.4) is 0 Å². The fourth-order valence-electron chi connectivity index (χ4n) is 3.26. The summed E-state index contributed by atoms with van der Waals surface area (Å²) in [4.78, 5) is 30.7. The number of aromatic nitrogens is 2. The van der Waals surface area contributed by atoms with Gasteiger partial charge in [0.2, 0.25) is 5.89 Å². The highest BCUT2D eigenvalue weighted by atomic mass is 16.5. The van der Waals surface area contributed by atoms with Gasteiger partial charge in [0.15, 0.2) is 18.2 Å². The maximum Gasteiger partial charge on any atom is 0.262 e. The van der Waals surface area contributed by atoms with E-state index in [0.717, 1.165) is 12.8 Å². The lowest BCUT2D eigenvalue weighted by Crippen LogP contribution is -2.33. The monoisotopic (exact) mass is 342 g/mol. The van der Waals surface area contributed by atoms with Gasteiger partial charge in [-0.25, -0.2) is 0 Å². The summed E-state index contributed by atoms with van der Waals surface area (Å²) in [6.45, 7) is 2.47. The van der Waals surface area contributed by atoms with E-state index in [-0.39, 0.29) is 24.5 Å². The summed E-state index contributed by atoms with van der Waals surface area (Å²) in [6.07, 6.45) is 2.33. The predicted molar refractivity (Wildman–Crippen MR) is 87.3 cm³/mol. The number of fused-ring (bicyclic) bond motifs is 1. The number of nitrogens with one attached hydrogen (secondary N) is 1. The number of nitrogens with zero attached hydrogens (tertiary/aromatic N) is 3. The van der Waals surface area contributed by atoms with E-state index in [1.54, 1.807) is 23.1 Å². The lowest BCUT2D eigenvalue weighted by atomic mass is 10.1. The van der Waals surface area contributed by atoms with Crippen LogP contribution >= 0.6 is 0 Å². The van der Waals surface area contributed by atoms with Crippen LogP contribution in [-0.4, -0.2) is 40.0 Å². The van der Waals surface area contributed by atoms with Gasteiger partial charge in [-0.3, -0.25) is 9.59 Å². The lowest BCUT2D eigenvalue weighted by molar-refractivity contribution is -0.118. The number of benzene rings is 1. The minimum atomic E-state index is -0.227. The molecule has 2 amide bonds. The Balaban J connectivity index is 1.64. The fraction of sp³-hybridized carbons (Fsp3) is 0.412. The Bertz CT molecular complexity index is 832. The van der Waals surface area contributed by atoms with Gasteiger partial charge in [-0.1, -0.05) is 18.1 Å². The van der Waals surface area contributed by atoms with Crippen LogP contribution in [-0.2, 0) is 11.2 Å². The summed E-state index contributed by atoms with van der Waals surface area (Å²) in [6, 6.07) is 4.96. The standard InChI is InChI=1S/C17H18N4O4/c1-2-14-19-16(20-25-14)12-7-4-8-21(12)17(23)10-5-3-6-11-15(10)24-9-13(22)18-11/h3,5-6,12H,2,4,7-9H2,1H3,(H,18,22)/t12-/m0/s1. The molecule has 130 valence electrons. The number of amides is 2. The van der Waals surface area contributed by atoms with E-state index in [2.05, 4.69) is 15.5 Å². The Kier molecular flexibility index (Phi) is 3.87. The van der Waals surface area contributed by atoms with Crippen LogP contribution in [0.1, 0.15) is 47.9 Å². The zero-order chi connectivity index (χ0) is 17.4. The maximum absolute atomic E-state index is 13.1. The van der Waals surface area contributed by atoms with Gasteiger partial charge >= 0.3 is 0 Å². The van der Waals surface area contributed by atoms with Crippen LogP contribution in [0.15, 0.2) is 22.7 Å². The topological polar surface area (TPSA) is 97.6 Å². The summed E-state index contributed by atoms with van der Waals surface area (Å²) < 4.78 is 10.7. The summed E-state index contributed by atoms with van der Waals surface area (Å²) in [7, 11) is 0. The van der Waals surface area contributed by atoms with Crippen molar-refractivity contribution in [3.8, 4) is 5.75 Å². The van der Waals surface area contributed by atoms with Crippen LogP contribution < -0.4 is 10.1 Å². The molecule has 0 radical (unpaired) electrons. The quantitative estimate of drug-likeness (QED) is 0.915. The molecule has 0 bridgehead atoms. The lowest BCUT2D eigenvalue weighted by Gasteiger charge is -2.25. The number of rotatable bonds is 3. The Hall–Kier alpha value is -2.90. The molecular formula is C17H18N4O4. The van der Waals surface area contributed by atoms with Gasteiger partial charge in [-0.15, -0.1) is 0 Å². The van der Waals surface area contributed by atoms with Crippen molar-refractivity contribution in [1.29, 1.82) is 0 Å². The molecule has 25 heavy (non-hydrogen) atoms. The number of aryl methyl sites for hydroxylation is 1. The summed E-state index contributed by atoms with van der Waals surface area (Å²) in [5.74, 6) is 1.15. The van der Waals surface area contributed by atoms with Crippen LogP contribution in [0, 0.1) is 0 Å². The van der Waals surface area contributed by atoms with Gasteiger partial charge < -0.3 is 19.5 Å². The molecule has 1 aromatic heterocycles. The smallest absolute Gasteiger partial charge is 0.262 e. The number of carbonyl (C=O) groups is 2. The van der Waals surface area contributed by atoms with Gasteiger partial charge in [0.25, 0.3) is 11.8 Å². The molecular weight excluding hydrogens is 324 g/mol. The number of carbonyl (C=O) groups excluding carboxylic acids is 2. The third-order valence-corrected chi connectivity index (χ3v) is 4.47. The molecule has 2 aliphatic rings. The van der Waals surface area contributed by atoms with Crippen molar-refractivity contribution in [1.82, 2.24) is 15.0 Å². The molecule has 1 N–H and O–H groups in total. The van der Waals surface area contributed by atoms with Crippen molar-refractivity contribution >= 4 is 17.5 Å². The van der Waals surface area contributed by atoms with Gasteiger partial charge in [0.05, 0.1) is 17.3 Å². The number of anilines is 1. The second-order valence-electron chi connectivity index (χ2n) is 6.08. The Morgan fingerprint density at radius 2 is 2.32 bits per heavy atom. The average molecular weight is 342 g/mol. The summed E-state index contributed by atoms with van der Waals surface area (Å²) in [5, 5.41) is 6.75. The first kappa shape index (κ1) is 15.6. The van der Waals surface area contributed by atoms with Crippen LogP contribution in [0.4, 0.5) is 5.69 Å². The molecule has 2 aromatic rings. The van der Waals surface area contributed by atoms with E-state index in [1.807, 2.05) is 6.92 Å². The van der Waals surface area contributed by atoms with E-state index < -0.39 is 0 Å². The molecule has 3 heterocycles. The molecule has 0 saturated carbocycles. The molecule has 1 fully saturated rings. The molecule has 8 nitrogen and oxygen atoms in total. The second kappa shape index (κ2) is 6.19. The van der Waals surface area contributed by atoms with Crippen molar-refractivity contribution < 1.29 is 18.8 Å². The first-order valence-electron chi connectivity index (χ1n) is 8.36. The molecule has 1 atom stereocenters. The zero-order valence-corrected chi connectivity index (χ0v) is 13.8. The molecule has 1 saturated heterocycles. The highest BCUT2D eigenvalue weighted by molar-refractivity contribution is 6.03. The Labute approximate surface area is 144 Å². The van der Waals surface area contributed by atoms with Crippen molar-refractivity contribution in [2.75, 3.05) is 18.5 Å². The van der Waals surface area contributed by atoms with Crippen LogP contribution in [0.5, 0.6) is 5.75 Å². The van der Waals surface area contributed by atoms with E-state index in [9.17, 15) is 9.59 Å². The molecule has 0 spiro atoms.